The van der Waals surface area contributed by atoms with Gasteiger partial charge < -0.3 is 5.32 Å². The molecule has 108 valence electrons. The van der Waals surface area contributed by atoms with Gasteiger partial charge in [-0.15, -0.1) is 0 Å². The van der Waals surface area contributed by atoms with Gasteiger partial charge in [-0.25, -0.2) is 13.1 Å². The Morgan fingerprint density at radius 2 is 2.00 bits per heavy atom. The van der Waals surface area contributed by atoms with Gasteiger partial charge in [-0.2, -0.15) is 11.3 Å². The molecule has 6 heteroatoms. The maximum Gasteiger partial charge on any atom is 0.242 e. The highest BCUT2D eigenvalue weighted by molar-refractivity contribution is 7.89. The second kappa shape index (κ2) is 6.88. The quantitative estimate of drug-likeness (QED) is 0.826. The van der Waals surface area contributed by atoms with Crippen LogP contribution < -0.4 is 10.0 Å². The molecule has 0 aliphatic rings. The van der Waals surface area contributed by atoms with Crippen LogP contribution in [0.4, 0.5) is 5.69 Å². The van der Waals surface area contributed by atoms with Crippen molar-refractivity contribution in [2.45, 2.75) is 18.2 Å². The van der Waals surface area contributed by atoms with Gasteiger partial charge in [0.2, 0.25) is 10.0 Å². The van der Waals surface area contributed by atoms with Gasteiger partial charge in [-0.3, -0.25) is 0 Å². The average Bonchev–Trinajstić information content (AvgIpc) is 2.92. The third-order valence-electron chi connectivity index (χ3n) is 2.82. The molecule has 0 amide bonds. The number of benzene rings is 1. The first kappa shape index (κ1) is 15.0. The monoisotopic (exact) mass is 310 g/mol. The fourth-order valence-corrected chi connectivity index (χ4v) is 3.82. The molecule has 2 aromatic rings. The summed E-state index contributed by atoms with van der Waals surface area (Å²) < 4.78 is 26.7. The molecule has 1 heterocycles. The number of hydrogen-bond donors (Lipinski definition) is 2. The highest BCUT2D eigenvalue weighted by Gasteiger charge is 2.16. The lowest BCUT2D eigenvalue weighted by Crippen LogP contribution is -2.24. The molecule has 0 radical (unpaired) electrons. The molecule has 2 rings (SSSR count). The lowest BCUT2D eigenvalue weighted by molar-refractivity contribution is 0.584. The number of sulfonamides is 1. The van der Waals surface area contributed by atoms with Gasteiger partial charge in [0.05, 0.1) is 5.69 Å². The zero-order valence-corrected chi connectivity index (χ0v) is 12.9. The zero-order valence-electron chi connectivity index (χ0n) is 11.3. The van der Waals surface area contributed by atoms with Crippen molar-refractivity contribution < 1.29 is 8.42 Å². The van der Waals surface area contributed by atoms with E-state index in [0.29, 0.717) is 23.7 Å². The maximum atomic E-state index is 12.1. The first-order valence-electron chi connectivity index (χ1n) is 6.47. The van der Waals surface area contributed by atoms with Gasteiger partial charge in [-0.05, 0) is 40.9 Å². The summed E-state index contributed by atoms with van der Waals surface area (Å²) in [7, 11) is -3.44. The summed E-state index contributed by atoms with van der Waals surface area (Å²) in [6.45, 7) is 2.85. The fraction of sp³-hybridized carbons (Fsp3) is 0.286. The second-order valence-electron chi connectivity index (χ2n) is 4.31. The minimum atomic E-state index is -3.44. The Labute approximate surface area is 123 Å². The lowest BCUT2D eigenvalue weighted by Gasteiger charge is -2.12. The van der Waals surface area contributed by atoms with Crippen molar-refractivity contribution in [3.8, 4) is 0 Å². The predicted octanol–water partition coefficient (Wildman–Crippen LogP) is 2.70. The summed E-state index contributed by atoms with van der Waals surface area (Å²) >= 11 is 1.67. The summed E-state index contributed by atoms with van der Waals surface area (Å²) in [6, 6.07) is 9.04. The molecule has 2 N–H and O–H groups in total. The van der Waals surface area contributed by atoms with Crippen molar-refractivity contribution in [1.29, 1.82) is 0 Å². The van der Waals surface area contributed by atoms with E-state index in [1.807, 2.05) is 11.4 Å². The molecular formula is C14H18N2O2S2. The largest absolute Gasteiger partial charge is 0.384 e. The van der Waals surface area contributed by atoms with E-state index >= 15 is 0 Å². The first-order valence-corrected chi connectivity index (χ1v) is 8.89. The van der Waals surface area contributed by atoms with Gasteiger partial charge in [0, 0.05) is 13.1 Å². The average molecular weight is 310 g/mol. The van der Waals surface area contributed by atoms with Gasteiger partial charge in [0.1, 0.15) is 4.90 Å². The van der Waals surface area contributed by atoms with Crippen molar-refractivity contribution in [2.75, 3.05) is 18.4 Å². The van der Waals surface area contributed by atoms with Gasteiger partial charge >= 0.3 is 0 Å². The van der Waals surface area contributed by atoms with E-state index in [-0.39, 0.29) is 0 Å². The molecule has 0 unspecified atom stereocenters. The third-order valence-corrected chi connectivity index (χ3v) is 5.16. The summed E-state index contributed by atoms with van der Waals surface area (Å²) in [6.07, 6.45) is 0.874. The standard InChI is InChI=1S/C14H18N2O2S2/c1-2-16-20(17,18)14-6-4-3-5-13(14)15-9-7-12-8-10-19-11-12/h3-6,8,10-11,15-16H,2,7,9H2,1H3. The van der Waals surface area contributed by atoms with Crippen LogP contribution in [0.5, 0.6) is 0 Å². The van der Waals surface area contributed by atoms with Crippen LogP contribution in [-0.2, 0) is 16.4 Å². The van der Waals surface area contributed by atoms with E-state index < -0.39 is 10.0 Å². The highest BCUT2D eigenvalue weighted by Crippen LogP contribution is 2.20. The third kappa shape index (κ3) is 3.82. The number of rotatable bonds is 7. The van der Waals surface area contributed by atoms with Crippen LogP contribution in [0.3, 0.4) is 0 Å². The smallest absolute Gasteiger partial charge is 0.242 e. The van der Waals surface area contributed by atoms with E-state index in [1.165, 1.54) is 5.56 Å². The molecule has 0 saturated carbocycles. The maximum absolute atomic E-state index is 12.1. The number of para-hydroxylation sites is 1. The molecule has 1 aromatic carbocycles. The molecule has 0 saturated heterocycles. The van der Waals surface area contributed by atoms with Crippen molar-refractivity contribution in [3.05, 3.63) is 46.7 Å². The van der Waals surface area contributed by atoms with E-state index in [4.69, 9.17) is 0 Å². The van der Waals surface area contributed by atoms with Crippen molar-refractivity contribution >= 4 is 27.0 Å². The first-order chi connectivity index (χ1) is 9.63. The number of anilines is 1. The molecule has 0 atom stereocenters. The Morgan fingerprint density at radius 1 is 1.20 bits per heavy atom. The fourth-order valence-electron chi connectivity index (χ4n) is 1.89. The Bertz CT molecular complexity index is 637. The topological polar surface area (TPSA) is 58.2 Å². The van der Waals surface area contributed by atoms with E-state index in [9.17, 15) is 8.42 Å². The predicted molar refractivity (Wildman–Crippen MR) is 83.8 cm³/mol. The van der Waals surface area contributed by atoms with Crippen LogP contribution in [0.25, 0.3) is 0 Å². The highest BCUT2D eigenvalue weighted by atomic mass is 32.2. The van der Waals surface area contributed by atoms with Crippen LogP contribution >= 0.6 is 11.3 Å². The molecule has 1 aromatic heterocycles. The van der Waals surface area contributed by atoms with Crippen LogP contribution in [0.15, 0.2) is 46.0 Å². The Kier molecular flexibility index (Phi) is 5.17. The number of nitrogens with one attached hydrogen (secondary N) is 2. The summed E-state index contributed by atoms with van der Waals surface area (Å²) in [5, 5.41) is 7.34. The van der Waals surface area contributed by atoms with E-state index in [2.05, 4.69) is 21.5 Å². The van der Waals surface area contributed by atoms with Crippen LogP contribution in [0.2, 0.25) is 0 Å². The summed E-state index contributed by atoms with van der Waals surface area (Å²) in [5.74, 6) is 0. The molecule has 4 nitrogen and oxygen atoms in total. The Hall–Kier alpha value is -1.37. The normalized spacial score (nSPS) is 11.4. The molecule has 0 fully saturated rings. The zero-order chi connectivity index (χ0) is 14.4. The van der Waals surface area contributed by atoms with Gasteiger partial charge in [-0.1, -0.05) is 19.1 Å². The molecular weight excluding hydrogens is 292 g/mol. The summed E-state index contributed by atoms with van der Waals surface area (Å²) in [4.78, 5) is 0.298. The van der Waals surface area contributed by atoms with E-state index in [0.717, 1.165) is 6.42 Å². The van der Waals surface area contributed by atoms with Crippen molar-refractivity contribution in [3.63, 3.8) is 0 Å². The minimum Gasteiger partial charge on any atom is -0.384 e. The van der Waals surface area contributed by atoms with E-state index in [1.54, 1.807) is 36.5 Å². The summed E-state index contributed by atoms with van der Waals surface area (Å²) in [5.41, 5.74) is 1.90. The van der Waals surface area contributed by atoms with Crippen molar-refractivity contribution in [1.82, 2.24) is 4.72 Å². The van der Waals surface area contributed by atoms with Crippen LogP contribution in [-0.4, -0.2) is 21.5 Å². The molecule has 0 spiro atoms. The lowest BCUT2D eigenvalue weighted by atomic mass is 10.2. The second-order valence-corrected chi connectivity index (χ2v) is 6.82. The van der Waals surface area contributed by atoms with Crippen molar-refractivity contribution in [2.24, 2.45) is 0 Å². The van der Waals surface area contributed by atoms with Crippen LogP contribution in [0, 0.1) is 0 Å². The van der Waals surface area contributed by atoms with Crippen LogP contribution in [0.1, 0.15) is 12.5 Å². The molecule has 20 heavy (non-hydrogen) atoms. The number of thiophene rings is 1. The SMILES string of the molecule is CCNS(=O)(=O)c1ccccc1NCCc1ccsc1. The molecule has 0 bridgehead atoms. The molecule has 0 aliphatic heterocycles. The van der Waals surface area contributed by atoms with Gasteiger partial charge in [0.25, 0.3) is 0 Å². The minimum absolute atomic E-state index is 0.298. The van der Waals surface area contributed by atoms with Gasteiger partial charge in [0.15, 0.2) is 0 Å². The number of hydrogen-bond acceptors (Lipinski definition) is 4. The Morgan fingerprint density at radius 3 is 2.70 bits per heavy atom. The molecule has 0 aliphatic carbocycles. The Balaban J connectivity index is 2.08.